The van der Waals surface area contributed by atoms with Crippen LogP contribution in [0.5, 0.6) is 5.75 Å². The minimum absolute atomic E-state index is 0.331. The Hall–Kier alpha value is -1.82. The van der Waals surface area contributed by atoms with Gasteiger partial charge >= 0.3 is 5.97 Å². The fraction of sp³-hybridized carbons (Fsp3) is 0.286. The summed E-state index contributed by atoms with van der Waals surface area (Å²) in [4.78, 5) is 11.8. The van der Waals surface area contributed by atoms with E-state index in [1.807, 2.05) is 18.2 Å². The lowest BCUT2D eigenvalue weighted by atomic mass is 10.1. The Labute approximate surface area is 124 Å². The van der Waals surface area contributed by atoms with Gasteiger partial charge in [-0.05, 0) is 31.2 Å². The number of halogens is 1. The van der Waals surface area contributed by atoms with Crippen molar-refractivity contribution in [3.8, 4) is 17.0 Å². The van der Waals surface area contributed by atoms with Crippen LogP contribution in [0.4, 0.5) is 0 Å². The first-order valence-electron chi connectivity index (χ1n) is 6.36. The van der Waals surface area contributed by atoms with Gasteiger partial charge in [0.1, 0.15) is 12.4 Å². The molecule has 20 heavy (non-hydrogen) atoms. The Kier molecular flexibility index (Phi) is 3.48. The van der Waals surface area contributed by atoms with Crippen LogP contribution in [0.1, 0.15) is 17.4 Å². The van der Waals surface area contributed by atoms with Crippen molar-refractivity contribution >= 4 is 21.9 Å². The number of hydrogen-bond donors (Lipinski definition) is 0. The summed E-state index contributed by atoms with van der Waals surface area (Å²) in [7, 11) is 0. The smallest absolute Gasteiger partial charge is 0.358 e. The molecule has 0 unspecified atom stereocenters. The highest BCUT2D eigenvalue weighted by molar-refractivity contribution is 9.10. The molecule has 2 heterocycles. The molecule has 2 aromatic rings. The van der Waals surface area contributed by atoms with Gasteiger partial charge in [-0.3, -0.25) is 4.68 Å². The summed E-state index contributed by atoms with van der Waals surface area (Å²) in [5.41, 5.74) is 2.12. The average molecular weight is 337 g/mol. The molecule has 0 atom stereocenters. The molecule has 1 aromatic carbocycles. The quantitative estimate of drug-likeness (QED) is 0.791. The summed E-state index contributed by atoms with van der Waals surface area (Å²) < 4.78 is 13.4. The van der Waals surface area contributed by atoms with Crippen LogP contribution in [0.2, 0.25) is 0 Å². The standard InChI is InChI=1S/C14H13BrN2O3/c1-2-19-14(18)11-8-12-10-4-3-9(15)7-13(10)20-6-5-17(12)16-11/h3-4,7-8H,2,5-6H2,1H3. The largest absolute Gasteiger partial charge is 0.491 e. The second kappa shape index (κ2) is 5.28. The number of nitrogens with zero attached hydrogens (tertiary/aromatic N) is 2. The Morgan fingerprint density at radius 3 is 3.15 bits per heavy atom. The maximum atomic E-state index is 11.8. The zero-order valence-electron chi connectivity index (χ0n) is 10.9. The van der Waals surface area contributed by atoms with Crippen molar-refractivity contribution in [3.05, 3.63) is 34.4 Å². The van der Waals surface area contributed by atoms with E-state index in [1.54, 1.807) is 17.7 Å². The number of ether oxygens (including phenoxy) is 2. The van der Waals surface area contributed by atoms with Crippen LogP contribution >= 0.6 is 15.9 Å². The molecule has 0 saturated heterocycles. The van der Waals surface area contributed by atoms with E-state index in [9.17, 15) is 4.79 Å². The van der Waals surface area contributed by atoms with Gasteiger partial charge in [0.15, 0.2) is 5.69 Å². The molecule has 5 nitrogen and oxygen atoms in total. The number of carbonyl (C=O) groups excluding carboxylic acids is 1. The van der Waals surface area contributed by atoms with Crippen LogP contribution < -0.4 is 4.74 Å². The second-order valence-electron chi connectivity index (χ2n) is 4.35. The summed E-state index contributed by atoms with van der Waals surface area (Å²) in [5.74, 6) is 0.390. The number of rotatable bonds is 2. The van der Waals surface area contributed by atoms with Crippen LogP contribution in [0, 0.1) is 0 Å². The van der Waals surface area contributed by atoms with Crippen LogP contribution in [0.15, 0.2) is 28.7 Å². The average Bonchev–Trinajstić information content (AvgIpc) is 2.77. The first-order chi connectivity index (χ1) is 9.69. The molecule has 0 fully saturated rings. The molecule has 0 spiro atoms. The number of hydrogen-bond acceptors (Lipinski definition) is 4. The van der Waals surface area contributed by atoms with Crippen molar-refractivity contribution in [2.24, 2.45) is 0 Å². The van der Waals surface area contributed by atoms with Crippen molar-refractivity contribution < 1.29 is 14.3 Å². The van der Waals surface area contributed by atoms with E-state index in [0.717, 1.165) is 21.5 Å². The minimum atomic E-state index is -0.396. The summed E-state index contributed by atoms with van der Waals surface area (Å²) in [5, 5.41) is 4.30. The summed E-state index contributed by atoms with van der Waals surface area (Å²) >= 11 is 3.43. The van der Waals surface area contributed by atoms with E-state index in [4.69, 9.17) is 9.47 Å². The molecule has 0 radical (unpaired) electrons. The number of carbonyl (C=O) groups is 1. The first kappa shape index (κ1) is 13.2. The first-order valence-corrected chi connectivity index (χ1v) is 7.16. The van der Waals surface area contributed by atoms with Gasteiger partial charge in [0.25, 0.3) is 0 Å². The molecule has 0 bridgehead atoms. The van der Waals surface area contributed by atoms with Gasteiger partial charge in [-0.1, -0.05) is 15.9 Å². The number of benzene rings is 1. The third-order valence-electron chi connectivity index (χ3n) is 3.04. The van der Waals surface area contributed by atoms with Crippen molar-refractivity contribution in [1.82, 2.24) is 9.78 Å². The normalized spacial score (nSPS) is 12.9. The SMILES string of the molecule is CCOC(=O)c1cc2n(n1)CCOc1cc(Br)ccc1-2. The van der Waals surface area contributed by atoms with Crippen LogP contribution in [-0.2, 0) is 11.3 Å². The maximum absolute atomic E-state index is 11.8. The molecular weight excluding hydrogens is 324 g/mol. The van der Waals surface area contributed by atoms with Gasteiger partial charge in [0, 0.05) is 10.0 Å². The van der Waals surface area contributed by atoms with E-state index >= 15 is 0 Å². The van der Waals surface area contributed by atoms with E-state index in [-0.39, 0.29) is 0 Å². The van der Waals surface area contributed by atoms with Gasteiger partial charge < -0.3 is 9.47 Å². The molecule has 0 aliphatic carbocycles. The molecule has 3 rings (SSSR count). The Morgan fingerprint density at radius 1 is 1.50 bits per heavy atom. The highest BCUT2D eigenvalue weighted by atomic mass is 79.9. The summed E-state index contributed by atoms with van der Waals surface area (Å²) in [6.45, 7) is 3.23. The Bertz CT molecular complexity index is 666. The lowest BCUT2D eigenvalue weighted by Gasteiger charge is -2.06. The van der Waals surface area contributed by atoms with Crippen LogP contribution in [-0.4, -0.2) is 29.0 Å². The Morgan fingerprint density at radius 2 is 2.35 bits per heavy atom. The van der Waals surface area contributed by atoms with Gasteiger partial charge in [-0.2, -0.15) is 5.10 Å². The lowest BCUT2D eigenvalue weighted by molar-refractivity contribution is 0.0518. The fourth-order valence-corrected chi connectivity index (χ4v) is 2.52. The molecule has 1 aliphatic heterocycles. The van der Waals surface area contributed by atoms with Crippen molar-refractivity contribution in [2.75, 3.05) is 13.2 Å². The highest BCUT2D eigenvalue weighted by Crippen LogP contribution is 2.34. The maximum Gasteiger partial charge on any atom is 0.358 e. The zero-order chi connectivity index (χ0) is 14.1. The van der Waals surface area contributed by atoms with E-state index in [0.29, 0.717) is 25.5 Å². The number of fused-ring (bicyclic) bond motifs is 3. The van der Waals surface area contributed by atoms with E-state index in [2.05, 4.69) is 21.0 Å². The molecule has 0 saturated carbocycles. The predicted octanol–water partition coefficient (Wildman–Crippen LogP) is 2.88. The number of esters is 1. The van der Waals surface area contributed by atoms with Gasteiger partial charge in [-0.15, -0.1) is 0 Å². The van der Waals surface area contributed by atoms with Crippen LogP contribution in [0.25, 0.3) is 11.3 Å². The van der Waals surface area contributed by atoms with Crippen molar-refractivity contribution in [1.29, 1.82) is 0 Å². The number of aromatic nitrogens is 2. The van der Waals surface area contributed by atoms with E-state index in [1.165, 1.54) is 0 Å². The molecule has 104 valence electrons. The van der Waals surface area contributed by atoms with Gasteiger partial charge in [0.2, 0.25) is 0 Å². The lowest BCUT2D eigenvalue weighted by Crippen LogP contribution is -2.10. The minimum Gasteiger partial charge on any atom is -0.491 e. The Balaban J connectivity index is 2.07. The van der Waals surface area contributed by atoms with E-state index < -0.39 is 5.97 Å². The van der Waals surface area contributed by atoms with Gasteiger partial charge in [0.05, 0.1) is 18.8 Å². The fourth-order valence-electron chi connectivity index (χ4n) is 2.18. The highest BCUT2D eigenvalue weighted by Gasteiger charge is 2.21. The second-order valence-corrected chi connectivity index (χ2v) is 5.26. The van der Waals surface area contributed by atoms with Crippen LogP contribution in [0.3, 0.4) is 0 Å². The van der Waals surface area contributed by atoms with Crippen molar-refractivity contribution in [3.63, 3.8) is 0 Å². The third-order valence-corrected chi connectivity index (χ3v) is 3.54. The summed E-state index contributed by atoms with van der Waals surface area (Å²) in [6, 6.07) is 7.56. The van der Waals surface area contributed by atoms with Gasteiger partial charge in [-0.25, -0.2) is 4.79 Å². The monoisotopic (exact) mass is 336 g/mol. The molecule has 0 amide bonds. The molecular formula is C14H13BrN2O3. The summed E-state index contributed by atoms with van der Waals surface area (Å²) in [6.07, 6.45) is 0. The third kappa shape index (κ3) is 2.31. The zero-order valence-corrected chi connectivity index (χ0v) is 12.5. The predicted molar refractivity (Wildman–Crippen MR) is 76.8 cm³/mol. The van der Waals surface area contributed by atoms with Crippen molar-refractivity contribution in [2.45, 2.75) is 13.5 Å². The molecule has 1 aliphatic rings. The molecule has 0 N–H and O–H groups in total. The topological polar surface area (TPSA) is 53.4 Å². The molecule has 6 heteroatoms. The molecule has 1 aromatic heterocycles.